The molecule has 106 valence electrons. The van der Waals surface area contributed by atoms with Crippen LogP contribution in [0.4, 0.5) is 0 Å². The van der Waals surface area contributed by atoms with E-state index >= 15 is 0 Å². The van der Waals surface area contributed by atoms with Crippen molar-refractivity contribution in [1.29, 1.82) is 0 Å². The Kier molecular flexibility index (Phi) is 3.54. The average molecular weight is 337 g/mol. The highest BCUT2D eigenvalue weighted by molar-refractivity contribution is 9.10. The van der Waals surface area contributed by atoms with Crippen molar-refractivity contribution in [2.24, 2.45) is 0 Å². The van der Waals surface area contributed by atoms with Crippen LogP contribution in [0.15, 0.2) is 28.7 Å². The zero-order chi connectivity index (χ0) is 14.2. The Morgan fingerprint density at radius 1 is 1.20 bits per heavy atom. The number of rotatable bonds is 5. The minimum Gasteiger partial charge on any atom is -0.352 e. The van der Waals surface area contributed by atoms with Crippen molar-refractivity contribution in [2.45, 2.75) is 37.1 Å². The number of carbonyl (C=O) groups is 2. The summed E-state index contributed by atoms with van der Waals surface area (Å²) in [7, 11) is 0. The molecule has 0 heterocycles. The fourth-order valence-corrected chi connectivity index (χ4v) is 2.64. The topological polar surface area (TPSA) is 58.2 Å². The van der Waals surface area contributed by atoms with Gasteiger partial charge in [-0.3, -0.25) is 9.59 Å². The van der Waals surface area contributed by atoms with Gasteiger partial charge in [-0.25, -0.2) is 0 Å². The third kappa shape index (κ3) is 2.87. The lowest BCUT2D eigenvalue weighted by molar-refractivity contribution is -0.127. The maximum Gasteiger partial charge on any atom is 0.239 e. The summed E-state index contributed by atoms with van der Waals surface area (Å²) in [5, 5.41) is 5.64. The van der Waals surface area contributed by atoms with Gasteiger partial charge in [0.25, 0.3) is 0 Å². The van der Waals surface area contributed by atoms with Crippen LogP contribution in [0.25, 0.3) is 0 Å². The molecule has 0 saturated heterocycles. The van der Waals surface area contributed by atoms with E-state index in [1.54, 1.807) is 0 Å². The van der Waals surface area contributed by atoms with Crippen LogP contribution in [0, 0.1) is 0 Å². The van der Waals surface area contributed by atoms with E-state index in [4.69, 9.17) is 0 Å². The summed E-state index contributed by atoms with van der Waals surface area (Å²) in [6, 6.07) is 8.17. The van der Waals surface area contributed by atoms with Crippen LogP contribution < -0.4 is 10.6 Å². The van der Waals surface area contributed by atoms with Crippen LogP contribution in [0.5, 0.6) is 0 Å². The zero-order valence-electron chi connectivity index (χ0n) is 11.1. The van der Waals surface area contributed by atoms with Crippen LogP contribution in [0.2, 0.25) is 0 Å². The lowest BCUT2D eigenvalue weighted by Crippen LogP contribution is -2.42. The number of benzene rings is 1. The molecule has 0 bridgehead atoms. The van der Waals surface area contributed by atoms with Gasteiger partial charge in [0, 0.05) is 10.5 Å². The quantitative estimate of drug-likeness (QED) is 0.862. The Morgan fingerprint density at radius 3 is 2.40 bits per heavy atom. The maximum absolute atomic E-state index is 12.3. The molecule has 2 saturated carbocycles. The number of carbonyl (C=O) groups excluding carboxylic acids is 2. The summed E-state index contributed by atoms with van der Waals surface area (Å²) >= 11 is 3.39. The predicted molar refractivity (Wildman–Crippen MR) is 79.2 cm³/mol. The summed E-state index contributed by atoms with van der Waals surface area (Å²) in [4.78, 5) is 23.9. The van der Waals surface area contributed by atoms with Gasteiger partial charge in [0.1, 0.15) is 0 Å². The molecule has 0 spiro atoms. The normalized spacial score (nSPS) is 19.2. The number of nitrogens with one attached hydrogen (secondary N) is 2. The van der Waals surface area contributed by atoms with E-state index in [2.05, 4.69) is 26.6 Å². The van der Waals surface area contributed by atoms with Crippen LogP contribution >= 0.6 is 15.9 Å². The first-order valence-electron chi connectivity index (χ1n) is 6.94. The van der Waals surface area contributed by atoms with Crippen molar-refractivity contribution in [3.05, 3.63) is 34.3 Å². The van der Waals surface area contributed by atoms with E-state index in [1.807, 2.05) is 24.3 Å². The van der Waals surface area contributed by atoms with E-state index in [1.165, 1.54) is 0 Å². The summed E-state index contributed by atoms with van der Waals surface area (Å²) in [6.45, 7) is 0.0770. The summed E-state index contributed by atoms with van der Waals surface area (Å²) in [5.74, 6) is -0.127. The van der Waals surface area contributed by atoms with E-state index in [0.717, 1.165) is 35.7 Å². The molecule has 2 N–H and O–H groups in total. The molecule has 2 aliphatic carbocycles. The second-order valence-electron chi connectivity index (χ2n) is 5.61. The second kappa shape index (κ2) is 5.20. The first-order chi connectivity index (χ1) is 9.60. The molecule has 0 aromatic heterocycles. The number of hydrogen-bond acceptors (Lipinski definition) is 2. The molecule has 3 rings (SSSR count). The fraction of sp³-hybridized carbons (Fsp3) is 0.467. The molecule has 2 fully saturated rings. The Bertz CT molecular complexity index is 533. The van der Waals surface area contributed by atoms with Gasteiger partial charge in [-0.2, -0.15) is 0 Å². The molecule has 2 aliphatic rings. The Morgan fingerprint density at radius 2 is 1.85 bits per heavy atom. The molecule has 0 atom stereocenters. The average Bonchev–Trinajstić information content (AvgIpc) is 3.31. The van der Waals surface area contributed by atoms with Gasteiger partial charge in [-0.05, 0) is 43.4 Å². The number of halogens is 1. The van der Waals surface area contributed by atoms with E-state index in [0.29, 0.717) is 6.04 Å². The van der Waals surface area contributed by atoms with Gasteiger partial charge in [-0.15, -0.1) is 0 Å². The first-order valence-corrected chi connectivity index (χ1v) is 7.73. The summed E-state index contributed by atoms with van der Waals surface area (Å²) < 4.78 is 1.00. The van der Waals surface area contributed by atoms with Gasteiger partial charge < -0.3 is 10.6 Å². The molecule has 5 heteroatoms. The Labute approximate surface area is 126 Å². The van der Waals surface area contributed by atoms with Gasteiger partial charge in [0.15, 0.2) is 0 Å². The van der Waals surface area contributed by atoms with Crippen molar-refractivity contribution in [3.8, 4) is 0 Å². The minimum absolute atomic E-state index is 0.0363. The highest BCUT2D eigenvalue weighted by atomic mass is 79.9. The van der Waals surface area contributed by atoms with Crippen LogP contribution in [-0.4, -0.2) is 24.4 Å². The highest BCUT2D eigenvalue weighted by Gasteiger charge is 2.51. The minimum atomic E-state index is -0.416. The molecule has 1 aromatic rings. The van der Waals surface area contributed by atoms with E-state index < -0.39 is 5.41 Å². The van der Waals surface area contributed by atoms with Crippen molar-refractivity contribution < 1.29 is 9.59 Å². The molecular formula is C15H17BrN2O2. The zero-order valence-corrected chi connectivity index (χ0v) is 12.7. The summed E-state index contributed by atoms with van der Waals surface area (Å²) in [5.41, 5.74) is 0.612. The SMILES string of the molecule is O=C(CNC(=O)C1(c2ccc(Br)cc2)CC1)NC1CC1. The molecular weight excluding hydrogens is 320 g/mol. The third-order valence-corrected chi connectivity index (χ3v) is 4.46. The van der Waals surface area contributed by atoms with Crippen molar-refractivity contribution in [2.75, 3.05) is 6.54 Å². The molecule has 2 amide bonds. The van der Waals surface area contributed by atoms with Crippen LogP contribution in [0.1, 0.15) is 31.2 Å². The smallest absolute Gasteiger partial charge is 0.239 e. The van der Waals surface area contributed by atoms with Crippen LogP contribution in [-0.2, 0) is 15.0 Å². The largest absolute Gasteiger partial charge is 0.352 e. The molecule has 1 aromatic carbocycles. The maximum atomic E-state index is 12.3. The Hall–Kier alpha value is -1.36. The van der Waals surface area contributed by atoms with E-state index in [-0.39, 0.29) is 18.4 Å². The molecule has 4 nitrogen and oxygen atoms in total. The first kappa shape index (κ1) is 13.6. The van der Waals surface area contributed by atoms with Gasteiger partial charge in [0.2, 0.25) is 11.8 Å². The lowest BCUT2D eigenvalue weighted by atomic mass is 9.95. The lowest BCUT2D eigenvalue weighted by Gasteiger charge is -2.15. The standard InChI is InChI=1S/C15H17BrN2O2/c16-11-3-1-10(2-4-11)15(7-8-15)14(20)17-9-13(19)18-12-5-6-12/h1-4,12H,5-9H2,(H,17,20)(H,18,19). The molecule has 0 unspecified atom stereocenters. The van der Waals surface area contributed by atoms with Gasteiger partial charge in [0.05, 0.1) is 12.0 Å². The summed E-state index contributed by atoms with van der Waals surface area (Å²) in [6.07, 6.45) is 3.82. The number of amides is 2. The van der Waals surface area contributed by atoms with Crippen molar-refractivity contribution >= 4 is 27.7 Å². The van der Waals surface area contributed by atoms with Gasteiger partial charge >= 0.3 is 0 Å². The number of hydrogen-bond donors (Lipinski definition) is 2. The molecule has 0 radical (unpaired) electrons. The highest BCUT2D eigenvalue weighted by Crippen LogP contribution is 2.48. The monoisotopic (exact) mass is 336 g/mol. The predicted octanol–water partition coefficient (Wildman–Crippen LogP) is 1.88. The van der Waals surface area contributed by atoms with Crippen molar-refractivity contribution in [1.82, 2.24) is 10.6 Å². The van der Waals surface area contributed by atoms with Gasteiger partial charge in [-0.1, -0.05) is 28.1 Å². The third-order valence-electron chi connectivity index (χ3n) is 3.93. The fourth-order valence-electron chi connectivity index (χ4n) is 2.38. The van der Waals surface area contributed by atoms with Crippen LogP contribution in [0.3, 0.4) is 0 Å². The second-order valence-corrected chi connectivity index (χ2v) is 6.53. The van der Waals surface area contributed by atoms with E-state index in [9.17, 15) is 9.59 Å². The van der Waals surface area contributed by atoms with Crippen molar-refractivity contribution in [3.63, 3.8) is 0 Å². The molecule has 0 aliphatic heterocycles. The molecule has 20 heavy (non-hydrogen) atoms. The Balaban J connectivity index is 1.58.